The largest absolute Gasteiger partial charge is 0.216 e. The molecule has 2 rings (SSSR count). The number of sulfonamides is 1. The average molecular weight is 308 g/mol. The number of hydrogen-bond acceptors (Lipinski definition) is 4. The number of nitrogens with one attached hydrogen (secondary N) is 1. The first-order valence-corrected chi connectivity index (χ1v) is 8.49. The zero-order chi connectivity index (χ0) is 15.3. The van der Waals surface area contributed by atoms with Crippen LogP contribution in [-0.2, 0) is 22.3 Å². The third-order valence-electron chi connectivity index (χ3n) is 3.16. The van der Waals surface area contributed by atoms with E-state index >= 15 is 0 Å². The van der Waals surface area contributed by atoms with Crippen LogP contribution in [0.25, 0.3) is 0 Å². The number of rotatable bonds is 7. The van der Waals surface area contributed by atoms with E-state index in [0.717, 1.165) is 5.56 Å². The molecule has 114 valence electrons. The molecule has 0 fully saturated rings. The van der Waals surface area contributed by atoms with Gasteiger partial charge in [0.2, 0.25) is 10.0 Å². The summed E-state index contributed by atoms with van der Waals surface area (Å²) in [5.74, 6) is 0.116. The molecule has 1 aromatic heterocycles. The second-order valence-corrected chi connectivity index (χ2v) is 7.05. The maximum absolute atomic E-state index is 12.3. The monoisotopic (exact) mass is 308 g/mol. The normalized spacial score (nSPS) is 13.5. The van der Waals surface area contributed by atoms with E-state index in [4.69, 9.17) is 0 Å². The van der Waals surface area contributed by atoms with E-state index in [0.29, 0.717) is 6.54 Å². The van der Waals surface area contributed by atoms with Crippen LogP contribution in [-0.4, -0.2) is 29.5 Å². The fourth-order valence-electron chi connectivity index (χ4n) is 1.96. The SMILES string of the molecule is CC(C)C(Cn1nccn1)NS(=O)(=O)Cc1ccccc1. The fourth-order valence-corrected chi connectivity index (χ4v) is 3.49. The molecule has 0 spiro atoms. The molecule has 0 aliphatic heterocycles. The summed E-state index contributed by atoms with van der Waals surface area (Å²) < 4.78 is 27.3. The van der Waals surface area contributed by atoms with E-state index in [1.54, 1.807) is 24.5 Å². The predicted molar refractivity (Wildman–Crippen MR) is 80.8 cm³/mol. The van der Waals surface area contributed by atoms with Gasteiger partial charge in [0.25, 0.3) is 0 Å². The molecule has 0 aliphatic carbocycles. The van der Waals surface area contributed by atoms with Gasteiger partial charge in [-0.1, -0.05) is 44.2 Å². The second-order valence-electron chi connectivity index (χ2n) is 5.30. The molecule has 0 amide bonds. The van der Waals surface area contributed by atoms with Gasteiger partial charge >= 0.3 is 0 Å². The Morgan fingerprint density at radius 3 is 2.33 bits per heavy atom. The maximum Gasteiger partial charge on any atom is 0.216 e. The van der Waals surface area contributed by atoms with Crippen molar-refractivity contribution in [1.29, 1.82) is 0 Å². The molecule has 0 saturated carbocycles. The first-order chi connectivity index (χ1) is 9.96. The Bertz CT molecular complexity index is 639. The standard InChI is InChI=1S/C14H20N4O2S/c1-12(2)14(10-18-15-8-9-16-18)17-21(19,20)11-13-6-4-3-5-7-13/h3-9,12,14,17H,10-11H2,1-2H3. The summed E-state index contributed by atoms with van der Waals surface area (Å²) >= 11 is 0. The highest BCUT2D eigenvalue weighted by molar-refractivity contribution is 7.88. The molecule has 1 aromatic carbocycles. The third kappa shape index (κ3) is 4.95. The van der Waals surface area contributed by atoms with Crippen molar-refractivity contribution >= 4 is 10.0 Å². The van der Waals surface area contributed by atoms with Gasteiger partial charge in [-0.15, -0.1) is 0 Å². The van der Waals surface area contributed by atoms with Crippen LogP contribution in [0.1, 0.15) is 19.4 Å². The zero-order valence-corrected chi connectivity index (χ0v) is 13.0. The summed E-state index contributed by atoms with van der Waals surface area (Å²) in [5, 5.41) is 8.05. The first-order valence-electron chi connectivity index (χ1n) is 6.84. The Kier molecular flexibility index (Phi) is 5.08. The maximum atomic E-state index is 12.3. The Morgan fingerprint density at radius 2 is 1.76 bits per heavy atom. The van der Waals surface area contributed by atoms with Gasteiger partial charge in [-0.05, 0) is 11.5 Å². The van der Waals surface area contributed by atoms with E-state index in [1.807, 2.05) is 32.0 Å². The van der Waals surface area contributed by atoms with Crippen molar-refractivity contribution in [1.82, 2.24) is 19.7 Å². The highest BCUT2D eigenvalue weighted by Crippen LogP contribution is 2.09. The molecular formula is C14H20N4O2S. The molecule has 0 radical (unpaired) electrons. The summed E-state index contributed by atoms with van der Waals surface area (Å²) in [6, 6.07) is 8.89. The molecule has 1 atom stereocenters. The van der Waals surface area contributed by atoms with Crippen LogP contribution in [0.2, 0.25) is 0 Å². The number of benzene rings is 1. The van der Waals surface area contributed by atoms with Crippen molar-refractivity contribution in [3.63, 3.8) is 0 Å². The van der Waals surface area contributed by atoms with Crippen LogP contribution in [0.4, 0.5) is 0 Å². The van der Waals surface area contributed by atoms with E-state index in [1.165, 1.54) is 4.80 Å². The molecule has 0 aliphatic rings. The summed E-state index contributed by atoms with van der Waals surface area (Å²) in [4.78, 5) is 1.50. The molecule has 21 heavy (non-hydrogen) atoms. The third-order valence-corrected chi connectivity index (χ3v) is 4.54. The Morgan fingerprint density at radius 1 is 1.14 bits per heavy atom. The Balaban J connectivity index is 2.05. The van der Waals surface area contributed by atoms with Gasteiger partial charge in [0.05, 0.1) is 24.7 Å². The van der Waals surface area contributed by atoms with Crippen LogP contribution >= 0.6 is 0 Å². The highest BCUT2D eigenvalue weighted by atomic mass is 32.2. The molecule has 2 aromatic rings. The number of nitrogens with zero attached hydrogens (tertiary/aromatic N) is 3. The number of hydrogen-bond donors (Lipinski definition) is 1. The minimum absolute atomic E-state index is 0.0242. The van der Waals surface area contributed by atoms with E-state index in [2.05, 4.69) is 14.9 Å². The van der Waals surface area contributed by atoms with Crippen molar-refractivity contribution in [2.24, 2.45) is 5.92 Å². The molecule has 1 N–H and O–H groups in total. The Labute approximate surface area is 125 Å². The predicted octanol–water partition coefficient (Wildman–Crippen LogP) is 1.42. The van der Waals surface area contributed by atoms with Crippen LogP contribution < -0.4 is 4.72 Å². The van der Waals surface area contributed by atoms with Crippen LogP contribution in [0, 0.1) is 5.92 Å². The van der Waals surface area contributed by atoms with Gasteiger partial charge in [-0.3, -0.25) is 0 Å². The quantitative estimate of drug-likeness (QED) is 0.839. The lowest BCUT2D eigenvalue weighted by Crippen LogP contribution is -2.42. The summed E-state index contributed by atoms with van der Waals surface area (Å²) in [5.41, 5.74) is 0.768. The van der Waals surface area contributed by atoms with E-state index < -0.39 is 10.0 Å². The molecule has 1 heterocycles. The van der Waals surface area contributed by atoms with E-state index in [-0.39, 0.29) is 17.7 Å². The lowest BCUT2D eigenvalue weighted by atomic mass is 10.1. The van der Waals surface area contributed by atoms with Gasteiger partial charge in [0.15, 0.2) is 0 Å². The lowest BCUT2D eigenvalue weighted by Gasteiger charge is -2.21. The van der Waals surface area contributed by atoms with Gasteiger partial charge in [-0.2, -0.15) is 15.0 Å². The highest BCUT2D eigenvalue weighted by Gasteiger charge is 2.22. The number of aromatic nitrogens is 3. The minimum Gasteiger partial charge on any atom is -0.212 e. The van der Waals surface area contributed by atoms with Gasteiger partial charge < -0.3 is 0 Å². The summed E-state index contributed by atoms with van der Waals surface area (Å²) in [6.07, 6.45) is 3.16. The molecule has 0 saturated heterocycles. The molecular weight excluding hydrogens is 288 g/mol. The summed E-state index contributed by atoms with van der Waals surface area (Å²) in [6.45, 7) is 4.36. The van der Waals surface area contributed by atoms with Crippen LogP contribution in [0.3, 0.4) is 0 Å². The topological polar surface area (TPSA) is 76.9 Å². The van der Waals surface area contributed by atoms with Crippen molar-refractivity contribution in [2.75, 3.05) is 0 Å². The second kappa shape index (κ2) is 6.82. The van der Waals surface area contributed by atoms with Crippen molar-refractivity contribution in [3.05, 3.63) is 48.3 Å². The Hall–Kier alpha value is -1.73. The van der Waals surface area contributed by atoms with Gasteiger partial charge in [0, 0.05) is 6.04 Å². The average Bonchev–Trinajstić information content (AvgIpc) is 2.91. The molecule has 1 unspecified atom stereocenters. The lowest BCUT2D eigenvalue weighted by molar-refractivity contribution is 0.361. The van der Waals surface area contributed by atoms with Gasteiger partial charge in [-0.25, -0.2) is 13.1 Å². The molecule has 0 bridgehead atoms. The smallest absolute Gasteiger partial charge is 0.212 e. The van der Waals surface area contributed by atoms with Crippen LogP contribution in [0.5, 0.6) is 0 Å². The fraction of sp³-hybridized carbons (Fsp3) is 0.429. The first kappa shape index (κ1) is 15.7. The van der Waals surface area contributed by atoms with Crippen molar-refractivity contribution in [2.45, 2.75) is 32.2 Å². The van der Waals surface area contributed by atoms with Gasteiger partial charge in [0.1, 0.15) is 0 Å². The molecule has 6 nitrogen and oxygen atoms in total. The van der Waals surface area contributed by atoms with Crippen molar-refractivity contribution in [3.8, 4) is 0 Å². The molecule has 7 heteroatoms. The van der Waals surface area contributed by atoms with Crippen molar-refractivity contribution < 1.29 is 8.42 Å². The minimum atomic E-state index is -3.40. The van der Waals surface area contributed by atoms with E-state index in [9.17, 15) is 8.42 Å². The van der Waals surface area contributed by atoms with Crippen LogP contribution in [0.15, 0.2) is 42.7 Å². The summed E-state index contributed by atoms with van der Waals surface area (Å²) in [7, 11) is -3.40. The zero-order valence-electron chi connectivity index (χ0n) is 12.2.